The van der Waals surface area contributed by atoms with Crippen LogP contribution in [0.25, 0.3) is 0 Å². The molecular formula is C9H13NO2. The van der Waals surface area contributed by atoms with Gasteiger partial charge in [-0.3, -0.25) is 4.79 Å². The van der Waals surface area contributed by atoms with Gasteiger partial charge in [-0.05, 0) is 19.8 Å². The summed E-state index contributed by atoms with van der Waals surface area (Å²) in [6.45, 7) is 7.27. The monoisotopic (exact) mass is 167 g/mol. The summed E-state index contributed by atoms with van der Waals surface area (Å²) in [6.07, 6.45) is 0. The van der Waals surface area contributed by atoms with Gasteiger partial charge in [0.05, 0.1) is 11.3 Å². The van der Waals surface area contributed by atoms with Crippen LogP contribution in [0.4, 0.5) is 0 Å². The molecule has 3 nitrogen and oxygen atoms in total. The molecule has 12 heavy (non-hydrogen) atoms. The molecule has 0 spiro atoms. The van der Waals surface area contributed by atoms with E-state index in [2.05, 4.69) is 5.16 Å². The molecule has 0 amide bonds. The molecule has 0 saturated carbocycles. The van der Waals surface area contributed by atoms with Crippen LogP contribution in [0.3, 0.4) is 0 Å². The second-order valence-electron chi connectivity index (χ2n) is 3.21. The minimum Gasteiger partial charge on any atom is -0.361 e. The molecule has 0 aromatic carbocycles. The van der Waals surface area contributed by atoms with E-state index in [1.807, 2.05) is 13.8 Å². The molecule has 3 heteroatoms. The van der Waals surface area contributed by atoms with Gasteiger partial charge in [0, 0.05) is 0 Å². The summed E-state index contributed by atoms with van der Waals surface area (Å²) in [6, 6.07) is 0. The number of aromatic nitrogens is 1. The van der Waals surface area contributed by atoms with Crippen molar-refractivity contribution in [1.29, 1.82) is 0 Å². The molecule has 1 rings (SSSR count). The van der Waals surface area contributed by atoms with E-state index in [1.54, 1.807) is 6.92 Å². The normalized spacial score (nSPS) is 10.8. The number of rotatable bonds is 2. The predicted molar refractivity (Wildman–Crippen MR) is 45.3 cm³/mol. The minimum atomic E-state index is 0.0254. The first kappa shape index (κ1) is 8.97. The Morgan fingerprint density at radius 3 is 2.42 bits per heavy atom. The standard InChI is InChI=1S/C9H13NO2/c1-5(2)9-8(6(3)11)7(4)12-10-9/h5H,1-4H3. The molecule has 0 atom stereocenters. The average Bonchev–Trinajstić information content (AvgIpc) is 2.30. The summed E-state index contributed by atoms with van der Waals surface area (Å²) in [4.78, 5) is 11.2. The van der Waals surface area contributed by atoms with Crippen molar-refractivity contribution in [2.24, 2.45) is 0 Å². The van der Waals surface area contributed by atoms with Crippen LogP contribution in [0.5, 0.6) is 0 Å². The zero-order valence-corrected chi connectivity index (χ0v) is 7.84. The smallest absolute Gasteiger partial charge is 0.165 e. The Morgan fingerprint density at radius 1 is 1.50 bits per heavy atom. The van der Waals surface area contributed by atoms with Gasteiger partial charge < -0.3 is 4.52 Å². The van der Waals surface area contributed by atoms with Crippen molar-refractivity contribution in [3.8, 4) is 0 Å². The molecule has 0 aliphatic heterocycles. The van der Waals surface area contributed by atoms with Gasteiger partial charge in [0.2, 0.25) is 0 Å². The Kier molecular flexibility index (Phi) is 2.31. The maximum atomic E-state index is 11.2. The van der Waals surface area contributed by atoms with E-state index in [1.165, 1.54) is 6.92 Å². The second-order valence-corrected chi connectivity index (χ2v) is 3.21. The highest BCUT2D eigenvalue weighted by Crippen LogP contribution is 2.21. The summed E-state index contributed by atoms with van der Waals surface area (Å²) < 4.78 is 4.95. The largest absolute Gasteiger partial charge is 0.361 e. The van der Waals surface area contributed by atoms with Crippen LogP contribution in [0.15, 0.2) is 4.52 Å². The third-order valence-corrected chi connectivity index (χ3v) is 1.79. The predicted octanol–water partition coefficient (Wildman–Crippen LogP) is 2.31. The van der Waals surface area contributed by atoms with Gasteiger partial charge in [0.25, 0.3) is 0 Å². The molecule has 0 unspecified atom stereocenters. The van der Waals surface area contributed by atoms with Crippen LogP contribution < -0.4 is 0 Å². The van der Waals surface area contributed by atoms with Gasteiger partial charge in [-0.2, -0.15) is 0 Å². The van der Waals surface area contributed by atoms with Crippen LogP contribution in [-0.4, -0.2) is 10.9 Å². The Labute approximate surface area is 71.7 Å². The first-order chi connectivity index (χ1) is 5.54. The van der Waals surface area contributed by atoms with Crippen LogP contribution in [0.1, 0.15) is 48.5 Å². The van der Waals surface area contributed by atoms with Crippen LogP contribution in [0, 0.1) is 6.92 Å². The van der Waals surface area contributed by atoms with E-state index in [9.17, 15) is 4.79 Å². The fourth-order valence-electron chi connectivity index (χ4n) is 1.21. The number of hydrogen-bond donors (Lipinski definition) is 0. The molecule has 1 heterocycles. The molecule has 0 aliphatic carbocycles. The van der Waals surface area contributed by atoms with Gasteiger partial charge in [0.1, 0.15) is 5.76 Å². The second kappa shape index (κ2) is 3.09. The molecule has 66 valence electrons. The van der Waals surface area contributed by atoms with Gasteiger partial charge in [-0.1, -0.05) is 19.0 Å². The molecule has 0 radical (unpaired) electrons. The molecule has 1 aromatic rings. The van der Waals surface area contributed by atoms with E-state index in [4.69, 9.17) is 4.52 Å². The average molecular weight is 167 g/mol. The Morgan fingerprint density at radius 2 is 2.08 bits per heavy atom. The third-order valence-electron chi connectivity index (χ3n) is 1.79. The fourth-order valence-corrected chi connectivity index (χ4v) is 1.21. The first-order valence-corrected chi connectivity index (χ1v) is 4.01. The van der Waals surface area contributed by atoms with Crippen LogP contribution >= 0.6 is 0 Å². The van der Waals surface area contributed by atoms with Crippen molar-refractivity contribution in [1.82, 2.24) is 5.16 Å². The van der Waals surface area contributed by atoms with Crippen LogP contribution in [0.2, 0.25) is 0 Å². The summed E-state index contributed by atoms with van der Waals surface area (Å²) >= 11 is 0. The van der Waals surface area contributed by atoms with Crippen molar-refractivity contribution < 1.29 is 9.32 Å². The number of nitrogens with zero attached hydrogens (tertiary/aromatic N) is 1. The summed E-state index contributed by atoms with van der Waals surface area (Å²) in [5, 5.41) is 3.84. The van der Waals surface area contributed by atoms with Crippen molar-refractivity contribution in [3.05, 3.63) is 17.0 Å². The fraction of sp³-hybridized carbons (Fsp3) is 0.556. The lowest BCUT2D eigenvalue weighted by Crippen LogP contribution is -2.00. The molecule has 0 saturated heterocycles. The van der Waals surface area contributed by atoms with Crippen LogP contribution in [-0.2, 0) is 0 Å². The molecule has 0 aliphatic rings. The number of hydrogen-bond acceptors (Lipinski definition) is 3. The van der Waals surface area contributed by atoms with E-state index >= 15 is 0 Å². The highest BCUT2D eigenvalue weighted by atomic mass is 16.5. The first-order valence-electron chi connectivity index (χ1n) is 4.01. The van der Waals surface area contributed by atoms with Gasteiger partial charge in [-0.15, -0.1) is 0 Å². The zero-order chi connectivity index (χ0) is 9.30. The summed E-state index contributed by atoms with van der Waals surface area (Å²) in [7, 11) is 0. The molecule has 0 bridgehead atoms. The lowest BCUT2D eigenvalue weighted by Gasteiger charge is -2.00. The zero-order valence-electron chi connectivity index (χ0n) is 7.84. The maximum Gasteiger partial charge on any atom is 0.165 e. The highest BCUT2D eigenvalue weighted by molar-refractivity contribution is 5.96. The molecule has 0 fully saturated rings. The van der Waals surface area contributed by atoms with Crippen molar-refractivity contribution in [2.75, 3.05) is 0 Å². The Bertz CT molecular complexity index is 299. The van der Waals surface area contributed by atoms with Gasteiger partial charge in [0.15, 0.2) is 5.78 Å². The van der Waals surface area contributed by atoms with E-state index in [0.29, 0.717) is 11.3 Å². The van der Waals surface area contributed by atoms with Crippen molar-refractivity contribution in [2.45, 2.75) is 33.6 Å². The van der Waals surface area contributed by atoms with Gasteiger partial charge in [-0.25, -0.2) is 0 Å². The molecule has 1 aromatic heterocycles. The van der Waals surface area contributed by atoms with E-state index in [0.717, 1.165) is 5.69 Å². The van der Waals surface area contributed by atoms with Crippen molar-refractivity contribution >= 4 is 5.78 Å². The SMILES string of the molecule is CC(=O)c1c(C(C)C)noc1C. The number of ketones is 1. The lowest BCUT2D eigenvalue weighted by molar-refractivity contribution is 0.101. The minimum absolute atomic E-state index is 0.0254. The topological polar surface area (TPSA) is 43.1 Å². The number of Topliss-reactive ketones (excluding diaryl/α,β-unsaturated/α-hetero) is 1. The number of aryl methyl sites for hydroxylation is 1. The quantitative estimate of drug-likeness (QED) is 0.635. The molecular weight excluding hydrogens is 154 g/mol. The van der Waals surface area contributed by atoms with E-state index in [-0.39, 0.29) is 11.7 Å². The van der Waals surface area contributed by atoms with E-state index < -0.39 is 0 Å². The molecule has 0 N–H and O–H groups in total. The highest BCUT2D eigenvalue weighted by Gasteiger charge is 2.18. The summed E-state index contributed by atoms with van der Waals surface area (Å²) in [5.41, 5.74) is 1.41. The number of carbonyl (C=O) groups excluding carboxylic acids is 1. The summed E-state index contributed by atoms with van der Waals surface area (Å²) in [5.74, 6) is 0.880. The third kappa shape index (κ3) is 1.40. The van der Waals surface area contributed by atoms with Crippen molar-refractivity contribution in [3.63, 3.8) is 0 Å². The Balaban J connectivity index is 3.21. The maximum absolute atomic E-state index is 11.2. The van der Waals surface area contributed by atoms with Gasteiger partial charge >= 0.3 is 0 Å². The lowest BCUT2D eigenvalue weighted by atomic mass is 10.0. The number of carbonyl (C=O) groups is 1. The Hall–Kier alpha value is -1.12.